The molecule has 0 fully saturated rings. The molecule has 0 amide bonds. The predicted molar refractivity (Wildman–Crippen MR) is 76.4 cm³/mol. The Bertz CT molecular complexity index is 384. The summed E-state index contributed by atoms with van der Waals surface area (Å²) < 4.78 is 6.79. The Labute approximate surface area is 112 Å². The van der Waals surface area contributed by atoms with E-state index in [1.807, 2.05) is 12.1 Å². The molecule has 0 spiro atoms. The maximum Gasteiger partial charge on any atom is 0.120 e. The molecule has 0 saturated heterocycles. The van der Waals surface area contributed by atoms with Crippen LogP contribution in [-0.4, -0.2) is 13.2 Å². The van der Waals surface area contributed by atoms with Crippen LogP contribution < -0.4 is 10.1 Å². The maximum atomic E-state index is 5.67. The van der Waals surface area contributed by atoms with Crippen LogP contribution in [-0.2, 0) is 6.54 Å². The van der Waals surface area contributed by atoms with Gasteiger partial charge in [-0.1, -0.05) is 28.4 Å². The van der Waals surface area contributed by atoms with E-state index in [0.29, 0.717) is 6.61 Å². The average Bonchev–Trinajstić information content (AvgIpc) is 2.29. The van der Waals surface area contributed by atoms with Crippen molar-refractivity contribution in [2.75, 3.05) is 13.2 Å². The molecule has 0 aliphatic carbocycles. The molecule has 17 heavy (non-hydrogen) atoms. The van der Waals surface area contributed by atoms with Gasteiger partial charge in [-0.25, -0.2) is 0 Å². The minimum atomic E-state index is 0.630. The lowest BCUT2D eigenvalue weighted by atomic mass is 10.2. The van der Waals surface area contributed by atoms with Gasteiger partial charge in [0.1, 0.15) is 12.4 Å². The van der Waals surface area contributed by atoms with Crippen LogP contribution in [0.4, 0.5) is 0 Å². The highest BCUT2D eigenvalue weighted by Gasteiger charge is 2.01. The highest BCUT2D eigenvalue weighted by molar-refractivity contribution is 9.10. The smallest absolute Gasteiger partial charge is 0.120 e. The van der Waals surface area contributed by atoms with E-state index in [2.05, 4.69) is 54.2 Å². The topological polar surface area (TPSA) is 21.3 Å². The van der Waals surface area contributed by atoms with Gasteiger partial charge in [-0.2, -0.15) is 0 Å². The number of ether oxygens (including phenoxy) is 1. The Morgan fingerprint density at radius 2 is 2.18 bits per heavy atom. The van der Waals surface area contributed by atoms with Gasteiger partial charge in [0.25, 0.3) is 0 Å². The Morgan fingerprint density at radius 3 is 2.82 bits per heavy atom. The molecule has 1 N–H and O–H groups in total. The minimum absolute atomic E-state index is 0.630. The Balaban J connectivity index is 2.64. The standard InChI is InChI=1S/C14H20BrNO/c1-4-16-10-12-9-13(5-6-14(12)15)17-8-7-11(2)3/h5-7,9,16H,4,8,10H2,1-3H3. The third kappa shape index (κ3) is 5.37. The average molecular weight is 298 g/mol. The Kier molecular flexibility index (Phi) is 6.30. The summed E-state index contributed by atoms with van der Waals surface area (Å²) in [6.45, 7) is 8.70. The molecule has 0 bridgehead atoms. The summed E-state index contributed by atoms with van der Waals surface area (Å²) in [6.07, 6.45) is 2.08. The Hall–Kier alpha value is -0.800. The molecule has 1 aromatic rings. The third-order valence-corrected chi connectivity index (χ3v) is 3.10. The number of halogens is 1. The van der Waals surface area contributed by atoms with Crippen LogP contribution in [0.3, 0.4) is 0 Å². The summed E-state index contributed by atoms with van der Waals surface area (Å²) in [5.74, 6) is 0.915. The number of benzene rings is 1. The molecule has 94 valence electrons. The Morgan fingerprint density at radius 1 is 1.41 bits per heavy atom. The zero-order valence-corrected chi connectivity index (χ0v) is 12.3. The van der Waals surface area contributed by atoms with E-state index in [1.165, 1.54) is 11.1 Å². The van der Waals surface area contributed by atoms with E-state index in [1.54, 1.807) is 0 Å². The van der Waals surface area contributed by atoms with Gasteiger partial charge in [0.05, 0.1) is 0 Å². The largest absolute Gasteiger partial charge is 0.490 e. The van der Waals surface area contributed by atoms with Gasteiger partial charge >= 0.3 is 0 Å². The number of hydrogen-bond acceptors (Lipinski definition) is 2. The molecule has 0 radical (unpaired) electrons. The maximum absolute atomic E-state index is 5.67. The van der Waals surface area contributed by atoms with Gasteiger partial charge in [-0.15, -0.1) is 0 Å². The molecular weight excluding hydrogens is 278 g/mol. The van der Waals surface area contributed by atoms with Crippen molar-refractivity contribution in [3.8, 4) is 5.75 Å². The zero-order valence-electron chi connectivity index (χ0n) is 10.7. The van der Waals surface area contributed by atoms with E-state index in [9.17, 15) is 0 Å². The van der Waals surface area contributed by atoms with Gasteiger partial charge < -0.3 is 10.1 Å². The lowest BCUT2D eigenvalue weighted by Crippen LogP contribution is -2.12. The van der Waals surface area contributed by atoms with Crippen molar-refractivity contribution in [3.05, 3.63) is 39.9 Å². The summed E-state index contributed by atoms with van der Waals surface area (Å²) in [5, 5.41) is 3.31. The number of hydrogen-bond donors (Lipinski definition) is 1. The molecule has 0 saturated carbocycles. The molecular formula is C14H20BrNO. The summed E-state index contributed by atoms with van der Waals surface area (Å²) in [7, 11) is 0. The zero-order chi connectivity index (χ0) is 12.7. The quantitative estimate of drug-likeness (QED) is 0.804. The second kappa shape index (κ2) is 7.51. The number of nitrogens with one attached hydrogen (secondary N) is 1. The molecule has 0 unspecified atom stereocenters. The summed E-state index contributed by atoms with van der Waals surface area (Å²) in [4.78, 5) is 0. The second-order valence-electron chi connectivity index (χ2n) is 4.13. The van der Waals surface area contributed by atoms with Crippen molar-refractivity contribution >= 4 is 15.9 Å². The fraction of sp³-hybridized carbons (Fsp3) is 0.429. The van der Waals surface area contributed by atoms with E-state index in [4.69, 9.17) is 4.74 Å². The monoisotopic (exact) mass is 297 g/mol. The van der Waals surface area contributed by atoms with Crippen LogP contribution in [0.2, 0.25) is 0 Å². The van der Waals surface area contributed by atoms with Crippen LogP contribution in [0.25, 0.3) is 0 Å². The lowest BCUT2D eigenvalue weighted by Gasteiger charge is -2.09. The number of rotatable bonds is 6. The van der Waals surface area contributed by atoms with Gasteiger partial charge in [-0.3, -0.25) is 0 Å². The highest BCUT2D eigenvalue weighted by atomic mass is 79.9. The van der Waals surface area contributed by atoms with Crippen molar-refractivity contribution in [2.24, 2.45) is 0 Å². The van der Waals surface area contributed by atoms with E-state index < -0.39 is 0 Å². The van der Waals surface area contributed by atoms with E-state index in [0.717, 1.165) is 23.3 Å². The normalized spacial score (nSPS) is 10.1. The third-order valence-electron chi connectivity index (χ3n) is 2.32. The van der Waals surface area contributed by atoms with Gasteiger partial charge in [0.15, 0.2) is 0 Å². The fourth-order valence-corrected chi connectivity index (χ4v) is 1.73. The van der Waals surface area contributed by atoms with Crippen LogP contribution in [0.5, 0.6) is 5.75 Å². The molecule has 0 aliphatic rings. The van der Waals surface area contributed by atoms with Crippen LogP contribution in [0, 0.1) is 0 Å². The predicted octanol–water partition coefficient (Wildman–Crippen LogP) is 3.90. The highest BCUT2D eigenvalue weighted by Crippen LogP contribution is 2.22. The molecule has 1 aromatic carbocycles. The van der Waals surface area contributed by atoms with Gasteiger partial charge in [-0.05, 0) is 50.2 Å². The molecule has 0 aromatic heterocycles. The van der Waals surface area contributed by atoms with Crippen LogP contribution in [0.1, 0.15) is 26.3 Å². The fourth-order valence-electron chi connectivity index (χ4n) is 1.34. The van der Waals surface area contributed by atoms with Crippen molar-refractivity contribution in [3.63, 3.8) is 0 Å². The minimum Gasteiger partial charge on any atom is -0.490 e. The summed E-state index contributed by atoms with van der Waals surface area (Å²) in [6, 6.07) is 6.09. The first-order valence-electron chi connectivity index (χ1n) is 5.88. The van der Waals surface area contributed by atoms with Gasteiger partial charge in [0.2, 0.25) is 0 Å². The molecule has 1 rings (SSSR count). The molecule has 0 atom stereocenters. The van der Waals surface area contributed by atoms with Crippen LogP contribution >= 0.6 is 15.9 Å². The first-order chi connectivity index (χ1) is 8.13. The number of allylic oxidation sites excluding steroid dienone is 1. The van der Waals surface area contributed by atoms with Crippen molar-refractivity contribution in [2.45, 2.75) is 27.3 Å². The summed E-state index contributed by atoms with van der Waals surface area (Å²) >= 11 is 3.54. The molecule has 0 heterocycles. The molecule has 2 nitrogen and oxygen atoms in total. The lowest BCUT2D eigenvalue weighted by molar-refractivity contribution is 0.361. The van der Waals surface area contributed by atoms with E-state index >= 15 is 0 Å². The first kappa shape index (κ1) is 14.3. The molecule has 0 aliphatic heterocycles. The molecule has 3 heteroatoms. The van der Waals surface area contributed by atoms with E-state index in [-0.39, 0.29) is 0 Å². The van der Waals surface area contributed by atoms with Gasteiger partial charge in [0, 0.05) is 11.0 Å². The van der Waals surface area contributed by atoms with Crippen molar-refractivity contribution in [1.82, 2.24) is 5.32 Å². The van der Waals surface area contributed by atoms with Crippen molar-refractivity contribution < 1.29 is 4.74 Å². The first-order valence-corrected chi connectivity index (χ1v) is 6.68. The SMILES string of the molecule is CCNCc1cc(OCC=C(C)C)ccc1Br. The van der Waals surface area contributed by atoms with Crippen LogP contribution in [0.15, 0.2) is 34.3 Å². The van der Waals surface area contributed by atoms with Crippen molar-refractivity contribution in [1.29, 1.82) is 0 Å². The second-order valence-corrected chi connectivity index (χ2v) is 4.98. The summed E-state index contributed by atoms with van der Waals surface area (Å²) in [5.41, 5.74) is 2.50.